The number of aromatic hydroxyl groups is 1. The van der Waals surface area contributed by atoms with E-state index in [0.29, 0.717) is 33.7 Å². The summed E-state index contributed by atoms with van der Waals surface area (Å²) in [7, 11) is 4.03. The molecular formula is C20H20N2O7S. The van der Waals surface area contributed by atoms with Crippen molar-refractivity contribution in [3.8, 4) is 17.2 Å². The van der Waals surface area contributed by atoms with Crippen LogP contribution in [0.3, 0.4) is 0 Å². The molecule has 10 heteroatoms. The minimum atomic E-state index is -0.575. The quantitative estimate of drug-likeness (QED) is 0.536. The van der Waals surface area contributed by atoms with E-state index in [1.54, 1.807) is 24.3 Å². The summed E-state index contributed by atoms with van der Waals surface area (Å²) < 4.78 is 28.8. The number of hydrogen-bond acceptors (Lipinski definition) is 10. The van der Waals surface area contributed by atoms with Crippen molar-refractivity contribution in [3.63, 3.8) is 0 Å². The van der Waals surface area contributed by atoms with Gasteiger partial charge < -0.3 is 24.1 Å². The van der Waals surface area contributed by atoms with E-state index in [2.05, 4.69) is 13.5 Å². The van der Waals surface area contributed by atoms with Crippen LogP contribution in [0.2, 0.25) is 0 Å². The number of carbonyl (C=O) groups is 2. The predicted molar refractivity (Wildman–Crippen MR) is 108 cm³/mol. The molecule has 0 amide bonds. The normalized spacial score (nSPS) is 11.7. The van der Waals surface area contributed by atoms with Gasteiger partial charge in [-0.2, -0.15) is 8.75 Å². The first-order valence-corrected chi connectivity index (χ1v) is 9.60. The fraction of sp³-hybridized carbons (Fsp3) is 0.300. The zero-order valence-corrected chi connectivity index (χ0v) is 17.4. The molecule has 1 aromatic heterocycles. The molecule has 0 saturated heterocycles. The van der Waals surface area contributed by atoms with Crippen LogP contribution in [-0.4, -0.2) is 53.7 Å². The van der Waals surface area contributed by atoms with Crippen molar-refractivity contribution in [2.45, 2.75) is 12.3 Å². The van der Waals surface area contributed by atoms with Crippen LogP contribution in [0.5, 0.6) is 17.2 Å². The number of nitrogens with zero attached hydrogens (tertiary/aromatic N) is 2. The van der Waals surface area contributed by atoms with Gasteiger partial charge in [0.1, 0.15) is 16.8 Å². The highest BCUT2D eigenvalue weighted by Gasteiger charge is 2.26. The predicted octanol–water partition coefficient (Wildman–Crippen LogP) is 2.65. The van der Waals surface area contributed by atoms with E-state index in [4.69, 9.17) is 14.2 Å². The number of phenolic OH excluding ortho intramolecular Hbond substituents is 1. The van der Waals surface area contributed by atoms with Gasteiger partial charge in [-0.25, -0.2) is 4.79 Å². The zero-order chi connectivity index (χ0) is 21.7. The topological polar surface area (TPSA) is 117 Å². The summed E-state index contributed by atoms with van der Waals surface area (Å²) in [6.45, 7) is -0.275. The highest BCUT2D eigenvalue weighted by Crippen LogP contribution is 2.41. The van der Waals surface area contributed by atoms with Crippen LogP contribution in [-0.2, 0) is 19.1 Å². The smallest absolute Gasteiger partial charge is 0.343 e. The molecule has 1 heterocycles. The molecule has 1 atom stereocenters. The van der Waals surface area contributed by atoms with Gasteiger partial charge >= 0.3 is 11.9 Å². The molecule has 3 aromatic rings. The highest BCUT2D eigenvalue weighted by atomic mass is 32.1. The van der Waals surface area contributed by atoms with E-state index < -0.39 is 17.9 Å². The van der Waals surface area contributed by atoms with E-state index in [-0.39, 0.29) is 18.8 Å². The number of benzene rings is 2. The van der Waals surface area contributed by atoms with Crippen molar-refractivity contribution in [2.24, 2.45) is 0 Å². The first-order chi connectivity index (χ1) is 14.5. The molecule has 0 aliphatic rings. The van der Waals surface area contributed by atoms with E-state index in [1.807, 2.05) is 0 Å². The Morgan fingerprint density at radius 1 is 1.03 bits per heavy atom. The number of carbonyl (C=O) groups excluding carboxylic acids is 2. The molecule has 0 radical (unpaired) electrons. The standard InChI is InChI=1S/C20H20N2O7S/c1-26-16-8-11(4-7-15(16)29-10-18(25)28-3)12(9-17(24)27-2)19-14(23)6-5-13-20(19)22-30-21-13/h4-8,12,23H,9-10H2,1-3H3/t12-/m0/s1. The Balaban J connectivity index is 2.06. The molecule has 158 valence electrons. The van der Waals surface area contributed by atoms with Gasteiger partial charge in [-0.3, -0.25) is 4.79 Å². The SMILES string of the molecule is COC(=O)COc1ccc([C@H](CC(=O)OC)c2c(O)ccc3nsnc23)cc1OC. The maximum atomic E-state index is 12.1. The molecule has 0 aliphatic heterocycles. The molecule has 0 fully saturated rings. The molecule has 1 N–H and O–H groups in total. The van der Waals surface area contributed by atoms with Crippen molar-refractivity contribution in [1.82, 2.24) is 8.75 Å². The van der Waals surface area contributed by atoms with Gasteiger partial charge in [0.25, 0.3) is 0 Å². The largest absolute Gasteiger partial charge is 0.508 e. The summed E-state index contributed by atoms with van der Waals surface area (Å²) in [5.41, 5.74) is 2.27. The third-order valence-electron chi connectivity index (χ3n) is 4.55. The maximum absolute atomic E-state index is 12.1. The summed E-state index contributed by atoms with van der Waals surface area (Å²) in [6.07, 6.45) is -0.0355. The Hall–Kier alpha value is -3.40. The molecule has 0 unspecified atom stereocenters. The lowest BCUT2D eigenvalue weighted by Crippen LogP contribution is -2.14. The lowest BCUT2D eigenvalue weighted by atomic mass is 9.86. The Kier molecular flexibility index (Phi) is 6.68. The monoisotopic (exact) mass is 432 g/mol. The Labute approximate surface area is 176 Å². The fourth-order valence-corrected chi connectivity index (χ4v) is 3.61. The van der Waals surface area contributed by atoms with E-state index >= 15 is 0 Å². The molecule has 0 aliphatic carbocycles. The zero-order valence-electron chi connectivity index (χ0n) is 16.6. The number of aromatic nitrogens is 2. The van der Waals surface area contributed by atoms with E-state index in [0.717, 1.165) is 11.7 Å². The third-order valence-corrected chi connectivity index (χ3v) is 5.10. The van der Waals surface area contributed by atoms with Gasteiger partial charge in [-0.15, -0.1) is 0 Å². The van der Waals surface area contributed by atoms with Crippen LogP contribution in [0.15, 0.2) is 30.3 Å². The van der Waals surface area contributed by atoms with Crippen LogP contribution in [0.25, 0.3) is 11.0 Å². The molecule has 0 bridgehead atoms. The number of ether oxygens (including phenoxy) is 4. The van der Waals surface area contributed by atoms with Crippen molar-refractivity contribution in [1.29, 1.82) is 0 Å². The van der Waals surface area contributed by atoms with Crippen LogP contribution < -0.4 is 9.47 Å². The highest BCUT2D eigenvalue weighted by molar-refractivity contribution is 7.00. The first-order valence-electron chi connectivity index (χ1n) is 8.87. The number of methoxy groups -OCH3 is 3. The summed E-state index contributed by atoms with van der Waals surface area (Å²) in [6, 6.07) is 8.21. The van der Waals surface area contributed by atoms with Crippen molar-refractivity contribution in [2.75, 3.05) is 27.9 Å². The maximum Gasteiger partial charge on any atom is 0.343 e. The van der Waals surface area contributed by atoms with Crippen molar-refractivity contribution in [3.05, 3.63) is 41.5 Å². The second-order valence-corrected chi connectivity index (χ2v) is 6.77. The molecule has 9 nitrogen and oxygen atoms in total. The lowest BCUT2D eigenvalue weighted by molar-refractivity contribution is -0.143. The van der Waals surface area contributed by atoms with Gasteiger partial charge in [0.05, 0.1) is 39.5 Å². The second kappa shape index (κ2) is 9.40. The minimum absolute atomic E-state index is 0.00547. The van der Waals surface area contributed by atoms with E-state index in [9.17, 15) is 14.7 Å². The van der Waals surface area contributed by atoms with Gasteiger partial charge in [-0.1, -0.05) is 6.07 Å². The minimum Gasteiger partial charge on any atom is -0.508 e. The van der Waals surface area contributed by atoms with Crippen molar-refractivity contribution >= 4 is 34.7 Å². The number of hydrogen-bond donors (Lipinski definition) is 1. The molecule has 3 rings (SSSR count). The molecule has 2 aromatic carbocycles. The summed E-state index contributed by atoms with van der Waals surface area (Å²) in [5, 5.41) is 10.6. The average Bonchev–Trinajstić information content (AvgIpc) is 3.24. The summed E-state index contributed by atoms with van der Waals surface area (Å²) >= 11 is 1.02. The average molecular weight is 432 g/mol. The molecule has 30 heavy (non-hydrogen) atoms. The summed E-state index contributed by atoms with van der Waals surface area (Å²) in [5.74, 6) is -0.875. The lowest BCUT2D eigenvalue weighted by Gasteiger charge is -2.20. The first kappa shape index (κ1) is 21.3. The number of phenols is 1. The fourth-order valence-electron chi connectivity index (χ4n) is 3.06. The van der Waals surface area contributed by atoms with Crippen molar-refractivity contribution < 1.29 is 33.6 Å². The summed E-state index contributed by atoms with van der Waals surface area (Å²) in [4.78, 5) is 23.5. The third kappa shape index (κ3) is 4.43. The Bertz CT molecular complexity index is 1070. The molecular weight excluding hydrogens is 412 g/mol. The number of esters is 2. The van der Waals surface area contributed by atoms with Gasteiger partial charge in [-0.05, 0) is 29.8 Å². The number of fused-ring (bicyclic) bond motifs is 1. The van der Waals surface area contributed by atoms with Crippen LogP contribution in [0.1, 0.15) is 23.5 Å². The molecule has 0 spiro atoms. The van der Waals surface area contributed by atoms with Crippen LogP contribution >= 0.6 is 11.7 Å². The van der Waals surface area contributed by atoms with Gasteiger partial charge in [0.2, 0.25) is 0 Å². The van der Waals surface area contributed by atoms with Crippen LogP contribution in [0, 0.1) is 0 Å². The van der Waals surface area contributed by atoms with Crippen LogP contribution in [0.4, 0.5) is 0 Å². The second-order valence-electron chi connectivity index (χ2n) is 6.24. The van der Waals surface area contributed by atoms with E-state index in [1.165, 1.54) is 27.4 Å². The van der Waals surface area contributed by atoms with Gasteiger partial charge in [0.15, 0.2) is 18.1 Å². The van der Waals surface area contributed by atoms with Gasteiger partial charge in [0, 0.05) is 11.5 Å². The Morgan fingerprint density at radius 3 is 2.50 bits per heavy atom. The molecule has 0 saturated carbocycles. The number of rotatable bonds is 8. The Morgan fingerprint density at radius 2 is 1.80 bits per heavy atom.